The molecule has 1 heterocycles. The van der Waals surface area contributed by atoms with Gasteiger partial charge in [0.1, 0.15) is 12.2 Å². The van der Waals surface area contributed by atoms with Crippen LogP contribution in [0, 0.1) is 10.1 Å². The highest BCUT2D eigenvalue weighted by molar-refractivity contribution is 6.00. The van der Waals surface area contributed by atoms with Gasteiger partial charge in [0.25, 0.3) is 0 Å². The summed E-state index contributed by atoms with van der Waals surface area (Å²) in [5, 5.41) is 24.7. The number of nitro groups is 1. The second-order valence-electron chi connectivity index (χ2n) is 5.31. The van der Waals surface area contributed by atoms with Crippen LogP contribution in [0.15, 0.2) is 41.0 Å². The van der Waals surface area contributed by atoms with E-state index in [2.05, 4.69) is 30.3 Å². The first-order valence-corrected chi connectivity index (χ1v) is 7.62. The highest BCUT2D eigenvalue weighted by atomic mass is 16.6. The molecule has 2 N–H and O–H groups in total. The Morgan fingerprint density at radius 3 is 2.62 bits per heavy atom. The topological polar surface area (TPSA) is 132 Å². The van der Waals surface area contributed by atoms with Gasteiger partial charge in [-0.15, -0.1) is 0 Å². The molecule has 10 nitrogen and oxygen atoms in total. The summed E-state index contributed by atoms with van der Waals surface area (Å²) >= 11 is 0. The van der Waals surface area contributed by atoms with E-state index in [1.165, 1.54) is 13.2 Å². The van der Waals surface area contributed by atoms with Crippen LogP contribution in [-0.2, 0) is 16.1 Å². The van der Waals surface area contributed by atoms with Crippen molar-refractivity contribution in [1.82, 2.24) is 10.3 Å². The highest BCUT2D eigenvalue weighted by Gasteiger charge is 2.26. The summed E-state index contributed by atoms with van der Waals surface area (Å²) in [6, 6.07) is 10.9. The number of nitrogens with one attached hydrogen (secondary N) is 2. The van der Waals surface area contributed by atoms with Crippen molar-refractivity contribution < 1.29 is 19.1 Å². The fourth-order valence-corrected chi connectivity index (χ4v) is 2.42. The monoisotopic (exact) mass is 357 g/mol. The molecule has 1 aromatic heterocycles. The third-order valence-electron chi connectivity index (χ3n) is 3.67. The van der Waals surface area contributed by atoms with Crippen molar-refractivity contribution in [3.63, 3.8) is 0 Å². The van der Waals surface area contributed by atoms with Crippen LogP contribution < -0.4 is 10.6 Å². The number of ether oxygens (including phenoxy) is 1. The van der Waals surface area contributed by atoms with Crippen LogP contribution in [-0.4, -0.2) is 34.9 Å². The molecule has 0 aliphatic rings. The molecule has 2 aromatic carbocycles. The Bertz CT molecular complexity index is 941. The first-order valence-electron chi connectivity index (χ1n) is 7.62. The lowest BCUT2D eigenvalue weighted by atomic mass is 10.1. The molecule has 0 fully saturated rings. The van der Waals surface area contributed by atoms with Crippen LogP contribution in [0.2, 0.25) is 0 Å². The predicted octanol–water partition coefficient (Wildman–Crippen LogP) is 2.33. The Kier molecular flexibility index (Phi) is 4.92. The molecule has 3 aromatic rings. The summed E-state index contributed by atoms with van der Waals surface area (Å²) in [5.41, 5.74) is 1.44. The number of hydrogen-bond acceptors (Lipinski definition) is 9. The minimum absolute atomic E-state index is 0.0135. The minimum atomic E-state index is -0.552. The molecular formula is C16H15N5O5. The molecule has 10 heteroatoms. The Morgan fingerprint density at radius 2 is 1.92 bits per heavy atom. The number of esters is 1. The molecule has 0 unspecified atom stereocenters. The summed E-state index contributed by atoms with van der Waals surface area (Å²) in [6.45, 7) is 0.239. The van der Waals surface area contributed by atoms with Crippen molar-refractivity contribution >= 4 is 34.1 Å². The van der Waals surface area contributed by atoms with Crippen LogP contribution in [0.3, 0.4) is 0 Å². The quantitative estimate of drug-likeness (QED) is 0.371. The smallest absolute Gasteiger partial charge is 0.325 e. The average Bonchev–Trinajstić information content (AvgIpc) is 3.13. The van der Waals surface area contributed by atoms with Crippen molar-refractivity contribution in [1.29, 1.82) is 0 Å². The molecule has 0 saturated heterocycles. The number of nitro benzene ring substituents is 1. The number of methoxy groups -OCH3 is 1. The number of aromatic nitrogens is 2. The van der Waals surface area contributed by atoms with Gasteiger partial charge in [-0.05, 0) is 21.9 Å². The van der Waals surface area contributed by atoms with E-state index < -0.39 is 10.9 Å². The van der Waals surface area contributed by atoms with Crippen LogP contribution in [0.4, 0.5) is 17.1 Å². The number of carbonyl (C=O) groups is 1. The van der Waals surface area contributed by atoms with Gasteiger partial charge in [0.05, 0.1) is 17.7 Å². The maximum Gasteiger partial charge on any atom is 0.325 e. The number of nitrogens with zero attached hydrogens (tertiary/aromatic N) is 3. The van der Waals surface area contributed by atoms with Gasteiger partial charge in [0, 0.05) is 6.54 Å². The van der Waals surface area contributed by atoms with Gasteiger partial charge >= 0.3 is 11.7 Å². The van der Waals surface area contributed by atoms with Gasteiger partial charge in [-0.25, -0.2) is 4.63 Å². The summed E-state index contributed by atoms with van der Waals surface area (Å²) in [6.07, 6.45) is 0. The molecule has 0 saturated carbocycles. The van der Waals surface area contributed by atoms with E-state index in [-0.39, 0.29) is 29.0 Å². The summed E-state index contributed by atoms with van der Waals surface area (Å²) in [7, 11) is 1.26. The molecule has 0 spiro atoms. The second kappa shape index (κ2) is 7.47. The van der Waals surface area contributed by atoms with E-state index in [1.807, 2.05) is 30.3 Å². The third kappa shape index (κ3) is 3.53. The number of rotatable bonds is 7. The van der Waals surface area contributed by atoms with E-state index >= 15 is 0 Å². The Hall–Kier alpha value is -3.69. The minimum Gasteiger partial charge on any atom is -0.468 e. The molecule has 3 rings (SSSR count). The Morgan fingerprint density at radius 1 is 1.19 bits per heavy atom. The summed E-state index contributed by atoms with van der Waals surface area (Å²) in [5.74, 6) is -0.494. The molecule has 0 atom stereocenters. The maximum absolute atomic E-state index is 11.5. The van der Waals surface area contributed by atoms with Crippen LogP contribution >= 0.6 is 0 Å². The standard InChI is InChI=1S/C16H15N5O5/c1-25-13(22)9-18-11-7-12(17-8-10-5-3-2-4-6-10)16(21(23)24)15-14(11)19-26-20-15/h2-7,17-18H,8-9H2,1H3. The molecule has 0 amide bonds. The first kappa shape index (κ1) is 17.1. The zero-order valence-electron chi connectivity index (χ0n) is 13.8. The lowest BCUT2D eigenvalue weighted by Gasteiger charge is -2.11. The van der Waals surface area contributed by atoms with E-state index in [0.29, 0.717) is 12.2 Å². The zero-order valence-corrected chi connectivity index (χ0v) is 13.8. The van der Waals surface area contributed by atoms with Crippen molar-refractivity contribution in [2.75, 3.05) is 24.3 Å². The van der Waals surface area contributed by atoms with Crippen LogP contribution in [0.5, 0.6) is 0 Å². The van der Waals surface area contributed by atoms with E-state index in [0.717, 1.165) is 5.56 Å². The Labute approximate surface area is 147 Å². The Balaban J connectivity index is 1.97. The maximum atomic E-state index is 11.5. The summed E-state index contributed by atoms with van der Waals surface area (Å²) < 4.78 is 9.24. The van der Waals surface area contributed by atoms with Crippen molar-refractivity contribution in [3.05, 3.63) is 52.1 Å². The molecule has 0 aliphatic heterocycles. The summed E-state index contributed by atoms with van der Waals surface area (Å²) in [4.78, 5) is 22.3. The highest BCUT2D eigenvalue weighted by Crippen LogP contribution is 2.36. The van der Waals surface area contributed by atoms with Gasteiger partial charge in [-0.3, -0.25) is 14.9 Å². The second-order valence-corrected chi connectivity index (χ2v) is 5.31. The molecule has 26 heavy (non-hydrogen) atoms. The van der Waals surface area contributed by atoms with E-state index in [1.54, 1.807) is 0 Å². The van der Waals surface area contributed by atoms with Crippen LogP contribution in [0.25, 0.3) is 11.0 Å². The number of carbonyl (C=O) groups excluding carboxylic acids is 1. The van der Waals surface area contributed by atoms with E-state index in [4.69, 9.17) is 0 Å². The number of fused-ring (bicyclic) bond motifs is 1. The largest absolute Gasteiger partial charge is 0.468 e. The lowest BCUT2D eigenvalue weighted by Crippen LogP contribution is -2.15. The fourth-order valence-electron chi connectivity index (χ4n) is 2.42. The van der Waals surface area contributed by atoms with Gasteiger partial charge < -0.3 is 15.4 Å². The van der Waals surface area contributed by atoms with Crippen molar-refractivity contribution in [3.8, 4) is 0 Å². The fraction of sp³-hybridized carbons (Fsp3) is 0.188. The van der Waals surface area contributed by atoms with Gasteiger partial charge in [-0.2, -0.15) is 0 Å². The number of hydrogen-bond donors (Lipinski definition) is 2. The van der Waals surface area contributed by atoms with Crippen molar-refractivity contribution in [2.24, 2.45) is 0 Å². The molecule has 0 bridgehead atoms. The van der Waals surface area contributed by atoms with Gasteiger partial charge in [-0.1, -0.05) is 30.3 Å². The first-order chi connectivity index (χ1) is 12.6. The molecule has 134 valence electrons. The van der Waals surface area contributed by atoms with Crippen molar-refractivity contribution in [2.45, 2.75) is 6.54 Å². The predicted molar refractivity (Wildman–Crippen MR) is 92.7 cm³/mol. The number of anilines is 2. The normalized spacial score (nSPS) is 10.5. The SMILES string of the molecule is COC(=O)CNc1cc(NCc2ccccc2)c([N+](=O)[O-])c2nonc12. The third-order valence-corrected chi connectivity index (χ3v) is 3.67. The zero-order chi connectivity index (χ0) is 18.5. The van der Waals surface area contributed by atoms with Gasteiger partial charge in [0.2, 0.25) is 5.52 Å². The molecular weight excluding hydrogens is 342 g/mol. The lowest BCUT2D eigenvalue weighted by molar-refractivity contribution is -0.382. The average molecular weight is 357 g/mol. The number of benzene rings is 2. The molecule has 0 aliphatic carbocycles. The molecule has 0 radical (unpaired) electrons. The van der Waals surface area contributed by atoms with Crippen LogP contribution in [0.1, 0.15) is 5.56 Å². The van der Waals surface area contributed by atoms with Gasteiger partial charge in [0.15, 0.2) is 5.52 Å². The van der Waals surface area contributed by atoms with E-state index in [9.17, 15) is 14.9 Å².